The molecule has 2 heterocycles. The molecule has 0 aliphatic carbocycles. The monoisotopic (exact) mass is 299 g/mol. The van der Waals surface area contributed by atoms with E-state index in [1.165, 1.54) is 17.3 Å². The molecular formula is C14H14BN3O4. The number of nitrogens with zero attached hydrogens (tertiary/aromatic N) is 3. The van der Waals surface area contributed by atoms with Crippen molar-refractivity contribution in [3.63, 3.8) is 0 Å². The number of amides is 2. The molecule has 2 aromatic rings. The van der Waals surface area contributed by atoms with E-state index in [9.17, 15) is 9.59 Å². The van der Waals surface area contributed by atoms with E-state index in [1.807, 2.05) is 0 Å². The van der Waals surface area contributed by atoms with Crippen LogP contribution in [0.1, 0.15) is 27.1 Å². The highest BCUT2D eigenvalue weighted by Gasteiger charge is 2.34. The van der Waals surface area contributed by atoms with Gasteiger partial charge in [-0.25, -0.2) is 0 Å². The van der Waals surface area contributed by atoms with Crippen molar-refractivity contribution in [2.75, 3.05) is 6.54 Å². The van der Waals surface area contributed by atoms with Gasteiger partial charge in [0.1, 0.15) is 0 Å². The molecule has 0 saturated carbocycles. The van der Waals surface area contributed by atoms with Gasteiger partial charge in [0.05, 0.1) is 11.1 Å². The van der Waals surface area contributed by atoms with E-state index in [-0.39, 0.29) is 11.8 Å². The minimum Gasteiger partial charge on any atom is -0.423 e. The Morgan fingerprint density at radius 3 is 2.23 bits per heavy atom. The van der Waals surface area contributed by atoms with Crippen molar-refractivity contribution in [2.24, 2.45) is 0 Å². The summed E-state index contributed by atoms with van der Waals surface area (Å²) in [5, 5.41) is 22.0. The van der Waals surface area contributed by atoms with Crippen LogP contribution in [0, 0.1) is 0 Å². The lowest BCUT2D eigenvalue weighted by atomic mass is 9.83. The minimum absolute atomic E-state index is 0.271. The Labute approximate surface area is 126 Å². The Bertz CT molecular complexity index is 693. The lowest BCUT2D eigenvalue weighted by Crippen LogP contribution is -2.31. The molecule has 7 nitrogen and oxygen atoms in total. The third-order valence-corrected chi connectivity index (χ3v) is 3.60. The fourth-order valence-electron chi connectivity index (χ4n) is 2.47. The number of imide groups is 1. The van der Waals surface area contributed by atoms with E-state index in [2.05, 4.69) is 5.10 Å². The van der Waals surface area contributed by atoms with E-state index in [1.54, 1.807) is 28.9 Å². The summed E-state index contributed by atoms with van der Waals surface area (Å²) in [5.41, 5.74) is 1.19. The fraction of sp³-hybridized carbons (Fsp3) is 0.214. The Hall–Kier alpha value is -2.45. The fourth-order valence-corrected chi connectivity index (χ4v) is 2.47. The first-order valence-electron chi connectivity index (χ1n) is 6.91. The normalized spacial score (nSPS) is 13.6. The lowest BCUT2D eigenvalue weighted by Gasteiger charge is -2.13. The van der Waals surface area contributed by atoms with Gasteiger partial charge in [-0.2, -0.15) is 5.10 Å². The Morgan fingerprint density at radius 1 is 1.05 bits per heavy atom. The summed E-state index contributed by atoms with van der Waals surface area (Å²) in [4.78, 5) is 25.6. The van der Waals surface area contributed by atoms with Gasteiger partial charge in [0.2, 0.25) is 0 Å². The van der Waals surface area contributed by atoms with Gasteiger partial charge in [0, 0.05) is 30.9 Å². The number of aromatic nitrogens is 2. The highest BCUT2D eigenvalue weighted by molar-refractivity contribution is 6.58. The number of benzene rings is 1. The van der Waals surface area contributed by atoms with Gasteiger partial charge in [-0.15, -0.1) is 0 Å². The van der Waals surface area contributed by atoms with Crippen LogP contribution >= 0.6 is 0 Å². The molecule has 0 unspecified atom stereocenters. The van der Waals surface area contributed by atoms with Crippen LogP contribution < -0.4 is 5.46 Å². The van der Waals surface area contributed by atoms with Crippen molar-refractivity contribution >= 4 is 24.4 Å². The molecule has 0 atom stereocenters. The standard InChI is InChI=1S/C14H14BN3O4/c19-13-11-4-1-2-5-12(11)14(20)18(13)7-3-6-17-9-10(8-16-17)15(21)22/h1-2,4-5,8-9,21-22H,3,6-7H2. The van der Waals surface area contributed by atoms with Crippen LogP contribution in [0.4, 0.5) is 0 Å². The van der Waals surface area contributed by atoms with Crippen molar-refractivity contribution in [1.29, 1.82) is 0 Å². The third kappa shape index (κ3) is 2.54. The first-order valence-corrected chi connectivity index (χ1v) is 6.91. The Kier molecular flexibility index (Phi) is 3.78. The number of rotatable bonds is 5. The molecule has 0 radical (unpaired) electrons. The summed E-state index contributed by atoms with van der Waals surface area (Å²) in [6.07, 6.45) is 3.42. The van der Waals surface area contributed by atoms with Crippen LogP contribution in [0.2, 0.25) is 0 Å². The number of carbonyl (C=O) groups excluding carboxylic acids is 2. The first-order chi connectivity index (χ1) is 10.6. The maximum absolute atomic E-state index is 12.2. The van der Waals surface area contributed by atoms with Crippen molar-refractivity contribution in [3.05, 3.63) is 47.8 Å². The number of hydrogen-bond donors (Lipinski definition) is 2. The van der Waals surface area contributed by atoms with Crippen molar-refractivity contribution in [1.82, 2.24) is 14.7 Å². The molecule has 112 valence electrons. The highest BCUT2D eigenvalue weighted by Crippen LogP contribution is 2.22. The minimum atomic E-state index is -1.55. The molecule has 8 heteroatoms. The number of carbonyl (C=O) groups is 2. The van der Waals surface area contributed by atoms with Crippen LogP contribution in [0.3, 0.4) is 0 Å². The number of aryl methyl sites for hydroxylation is 1. The maximum atomic E-state index is 12.2. The first kappa shape index (κ1) is 14.5. The van der Waals surface area contributed by atoms with Gasteiger partial charge in [0.25, 0.3) is 11.8 Å². The molecule has 2 N–H and O–H groups in total. The zero-order valence-corrected chi connectivity index (χ0v) is 11.7. The number of fused-ring (bicyclic) bond motifs is 1. The molecular weight excluding hydrogens is 285 g/mol. The molecule has 0 spiro atoms. The summed E-state index contributed by atoms with van der Waals surface area (Å²) in [6.45, 7) is 0.767. The molecule has 2 amide bonds. The molecule has 0 fully saturated rings. The predicted octanol–water partition coefficient (Wildman–Crippen LogP) is -0.751. The molecule has 22 heavy (non-hydrogen) atoms. The average molecular weight is 299 g/mol. The molecule has 1 aliphatic heterocycles. The largest absolute Gasteiger partial charge is 0.491 e. The van der Waals surface area contributed by atoms with E-state index in [4.69, 9.17) is 10.0 Å². The molecule has 3 rings (SSSR count). The zero-order chi connectivity index (χ0) is 15.7. The second-order valence-corrected chi connectivity index (χ2v) is 5.07. The molecule has 0 bridgehead atoms. The molecule has 1 aromatic carbocycles. The van der Waals surface area contributed by atoms with E-state index in [0.717, 1.165) is 0 Å². The third-order valence-electron chi connectivity index (χ3n) is 3.60. The van der Waals surface area contributed by atoms with Gasteiger partial charge in [-0.05, 0) is 18.6 Å². The zero-order valence-electron chi connectivity index (χ0n) is 11.7. The predicted molar refractivity (Wildman–Crippen MR) is 78.5 cm³/mol. The summed E-state index contributed by atoms with van der Waals surface area (Å²) < 4.78 is 1.55. The summed E-state index contributed by atoms with van der Waals surface area (Å²) >= 11 is 0. The topological polar surface area (TPSA) is 95.7 Å². The molecule has 1 aliphatic rings. The van der Waals surface area contributed by atoms with Gasteiger partial charge in [0.15, 0.2) is 0 Å². The van der Waals surface area contributed by atoms with Gasteiger partial charge in [-0.1, -0.05) is 12.1 Å². The molecule has 0 saturated heterocycles. The Morgan fingerprint density at radius 2 is 1.68 bits per heavy atom. The Balaban J connectivity index is 1.61. The summed E-state index contributed by atoms with van der Waals surface area (Å²) in [5.74, 6) is -0.542. The van der Waals surface area contributed by atoms with Crippen LogP contribution in [0.15, 0.2) is 36.7 Å². The summed E-state index contributed by atoms with van der Waals surface area (Å²) in [7, 11) is -1.55. The van der Waals surface area contributed by atoms with Gasteiger partial charge < -0.3 is 10.0 Å². The number of hydrogen-bond acceptors (Lipinski definition) is 5. The van der Waals surface area contributed by atoms with E-state index in [0.29, 0.717) is 36.1 Å². The van der Waals surface area contributed by atoms with E-state index >= 15 is 0 Å². The lowest BCUT2D eigenvalue weighted by molar-refractivity contribution is 0.0650. The van der Waals surface area contributed by atoms with Crippen LogP contribution in [-0.2, 0) is 6.54 Å². The van der Waals surface area contributed by atoms with Crippen LogP contribution in [0.5, 0.6) is 0 Å². The smallest absolute Gasteiger partial charge is 0.423 e. The van der Waals surface area contributed by atoms with Crippen molar-refractivity contribution in [3.8, 4) is 0 Å². The van der Waals surface area contributed by atoms with Crippen molar-refractivity contribution < 1.29 is 19.6 Å². The highest BCUT2D eigenvalue weighted by atomic mass is 16.4. The van der Waals surface area contributed by atoms with Gasteiger partial charge in [-0.3, -0.25) is 19.2 Å². The van der Waals surface area contributed by atoms with Gasteiger partial charge >= 0.3 is 7.12 Å². The maximum Gasteiger partial charge on any atom is 0.491 e. The molecule has 1 aromatic heterocycles. The SMILES string of the molecule is O=C1c2ccccc2C(=O)N1CCCn1cc(B(O)O)cn1. The van der Waals surface area contributed by atoms with E-state index < -0.39 is 7.12 Å². The van der Waals surface area contributed by atoms with Crippen LogP contribution in [0.25, 0.3) is 0 Å². The van der Waals surface area contributed by atoms with Crippen molar-refractivity contribution in [2.45, 2.75) is 13.0 Å². The second kappa shape index (κ2) is 5.74. The average Bonchev–Trinajstić information content (AvgIpc) is 3.07. The second-order valence-electron chi connectivity index (χ2n) is 5.07. The quantitative estimate of drug-likeness (QED) is 0.559. The summed E-state index contributed by atoms with van der Waals surface area (Å²) in [6, 6.07) is 6.77. The van der Waals surface area contributed by atoms with Crippen LogP contribution in [-0.4, -0.2) is 50.2 Å².